The predicted molar refractivity (Wildman–Crippen MR) is 159 cm³/mol. The average Bonchev–Trinajstić information content (AvgIpc) is 2.95. The molecule has 0 bridgehead atoms. The zero-order valence-electron chi connectivity index (χ0n) is 22.6. The van der Waals surface area contributed by atoms with Crippen molar-refractivity contribution in [2.75, 3.05) is 10.8 Å². The summed E-state index contributed by atoms with van der Waals surface area (Å²) in [6.45, 7) is 0.940. The van der Waals surface area contributed by atoms with E-state index in [0.717, 1.165) is 36.4 Å². The minimum atomic E-state index is -4.24. The first kappa shape index (κ1) is 30.8. The lowest BCUT2D eigenvalue weighted by Gasteiger charge is -2.33. The van der Waals surface area contributed by atoms with Crippen LogP contribution in [0.1, 0.15) is 44.6 Å². The van der Waals surface area contributed by atoms with Gasteiger partial charge in [-0.3, -0.25) is 13.9 Å². The van der Waals surface area contributed by atoms with Crippen molar-refractivity contribution >= 4 is 50.7 Å². The third kappa shape index (κ3) is 7.99. The molecule has 7 nitrogen and oxygen atoms in total. The molecule has 2 amide bonds. The molecule has 0 radical (unpaired) electrons. The summed E-state index contributed by atoms with van der Waals surface area (Å²) in [6.07, 6.45) is 4.89. The number of hydrogen-bond donors (Lipinski definition) is 1. The third-order valence-corrected chi connectivity index (χ3v) is 9.35. The number of benzene rings is 3. The molecule has 1 aliphatic carbocycles. The summed E-state index contributed by atoms with van der Waals surface area (Å²) >= 11 is 12.4. The fourth-order valence-electron chi connectivity index (χ4n) is 4.87. The maximum atomic E-state index is 14.0. The second-order valence-electron chi connectivity index (χ2n) is 10.1. The highest BCUT2D eigenvalue weighted by molar-refractivity contribution is 7.92. The van der Waals surface area contributed by atoms with E-state index in [9.17, 15) is 22.4 Å². The largest absolute Gasteiger partial charge is 0.352 e. The van der Waals surface area contributed by atoms with Crippen LogP contribution >= 0.6 is 23.2 Å². The van der Waals surface area contributed by atoms with E-state index in [2.05, 4.69) is 5.32 Å². The number of nitrogens with zero attached hydrogens (tertiary/aromatic N) is 2. The van der Waals surface area contributed by atoms with E-state index in [1.165, 1.54) is 59.5 Å². The van der Waals surface area contributed by atoms with E-state index in [1.807, 2.05) is 0 Å². The van der Waals surface area contributed by atoms with Crippen LogP contribution in [0, 0.1) is 5.82 Å². The van der Waals surface area contributed by atoms with Crippen LogP contribution in [0.4, 0.5) is 10.1 Å². The number of halogens is 3. The monoisotopic (exact) mass is 619 g/mol. The molecule has 0 saturated heterocycles. The molecule has 1 fully saturated rings. The highest BCUT2D eigenvalue weighted by atomic mass is 35.5. The number of nitrogens with one attached hydrogen (secondary N) is 1. The Hall–Kier alpha value is -3.14. The second kappa shape index (κ2) is 13.7. The quantitative estimate of drug-likeness (QED) is 0.293. The summed E-state index contributed by atoms with van der Waals surface area (Å²) in [5.74, 6) is -1.40. The normalized spacial score (nSPS) is 14.7. The van der Waals surface area contributed by atoms with Gasteiger partial charge in [0.1, 0.15) is 18.4 Å². The van der Waals surface area contributed by atoms with Gasteiger partial charge in [-0.2, -0.15) is 0 Å². The van der Waals surface area contributed by atoms with E-state index in [4.69, 9.17) is 23.2 Å². The molecule has 0 aliphatic heterocycles. The Kier molecular flexibility index (Phi) is 10.3. The third-order valence-electron chi connectivity index (χ3n) is 7.13. The van der Waals surface area contributed by atoms with Gasteiger partial charge in [-0.05, 0) is 67.8 Å². The predicted octanol–water partition coefficient (Wildman–Crippen LogP) is 6.19. The Balaban J connectivity index is 1.68. The average molecular weight is 621 g/mol. The van der Waals surface area contributed by atoms with Gasteiger partial charge in [0.15, 0.2) is 0 Å². The van der Waals surface area contributed by atoms with Gasteiger partial charge in [-0.25, -0.2) is 12.8 Å². The summed E-state index contributed by atoms with van der Waals surface area (Å²) in [5.41, 5.74) is 0.682. The molecule has 1 saturated carbocycles. The van der Waals surface area contributed by atoms with Crippen molar-refractivity contribution < 1.29 is 22.4 Å². The summed E-state index contributed by atoms with van der Waals surface area (Å²) in [7, 11) is -4.24. The van der Waals surface area contributed by atoms with Gasteiger partial charge in [-0.1, -0.05) is 72.8 Å². The molecular weight excluding hydrogens is 588 g/mol. The number of amides is 2. The van der Waals surface area contributed by atoms with Crippen molar-refractivity contribution in [3.8, 4) is 0 Å². The number of carbonyl (C=O) groups excluding carboxylic acids is 2. The summed E-state index contributed by atoms with van der Waals surface area (Å²) in [4.78, 5) is 28.6. The van der Waals surface area contributed by atoms with Crippen LogP contribution in [0.25, 0.3) is 0 Å². The van der Waals surface area contributed by atoms with E-state index in [0.29, 0.717) is 5.56 Å². The summed E-state index contributed by atoms with van der Waals surface area (Å²) in [6, 6.07) is 16.6. The molecular formula is C30H32Cl2FN3O4S. The maximum Gasteiger partial charge on any atom is 0.264 e. The molecule has 0 aromatic heterocycles. The van der Waals surface area contributed by atoms with Crippen LogP contribution in [0.3, 0.4) is 0 Å². The lowest BCUT2D eigenvalue weighted by Crippen LogP contribution is -2.53. The van der Waals surface area contributed by atoms with Gasteiger partial charge in [-0.15, -0.1) is 0 Å². The van der Waals surface area contributed by atoms with Crippen molar-refractivity contribution in [1.82, 2.24) is 10.2 Å². The highest BCUT2D eigenvalue weighted by Crippen LogP contribution is 2.30. The molecule has 4 rings (SSSR count). The van der Waals surface area contributed by atoms with Gasteiger partial charge in [0.25, 0.3) is 10.0 Å². The van der Waals surface area contributed by atoms with E-state index in [1.54, 1.807) is 25.1 Å². The van der Waals surface area contributed by atoms with E-state index in [-0.39, 0.29) is 39.1 Å². The van der Waals surface area contributed by atoms with Crippen molar-refractivity contribution in [1.29, 1.82) is 0 Å². The molecule has 1 atom stereocenters. The van der Waals surface area contributed by atoms with Crippen molar-refractivity contribution in [2.45, 2.75) is 62.6 Å². The Morgan fingerprint density at radius 1 is 0.951 bits per heavy atom. The van der Waals surface area contributed by atoms with Crippen molar-refractivity contribution in [3.05, 3.63) is 94.2 Å². The molecule has 1 aliphatic rings. The molecule has 0 heterocycles. The van der Waals surface area contributed by atoms with Gasteiger partial charge >= 0.3 is 0 Å². The smallest absolute Gasteiger partial charge is 0.264 e. The van der Waals surface area contributed by atoms with Gasteiger partial charge in [0.05, 0.1) is 10.6 Å². The molecule has 3 aromatic carbocycles. The molecule has 41 heavy (non-hydrogen) atoms. The lowest BCUT2D eigenvalue weighted by molar-refractivity contribution is -0.139. The van der Waals surface area contributed by atoms with Crippen LogP contribution in [0.5, 0.6) is 0 Å². The zero-order valence-corrected chi connectivity index (χ0v) is 24.9. The van der Waals surface area contributed by atoms with E-state index >= 15 is 0 Å². The van der Waals surface area contributed by atoms with Crippen molar-refractivity contribution in [3.63, 3.8) is 0 Å². The number of hydrogen-bond acceptors (Lipinski definition) is 4. The SMILES string of the molecule is C[C@H](C(=O)NC1CCCCC1)N(Cc1ccc(F)cc1)C(=O)CN(c1cc(Cl)cc(Cl)c1)S(=O)(=O)c1ccccc1. The van der Waals surface area contributed by atoms with Gasteiger partial charge < -0.3 is 10.2 Å². The number of rotatable bonds is 10. The first-order valence-corrected chi connectivity index (χ1v) is 15.6. The molecule has 218 valence electrons. The zero-order chi connectivity index (χ0) is 29.6. The van der Waals surface area contributed by atoms with Crippen LogP contribution < -0.4 is 9.62 Å². The topological polar surface area (TPSA) is 86.8 Å². The molecule has 3 aromatic rings. The van der Waals surface area contributed by atoms with Crippen molar-refractivity contribution in [2.24, 2.45) is 0 Å². The maximum absolute atomic E-state index is 14.0. The highest BCUT2D eigenvalue weighted by Gasteiger charge is 2.33. The Morgan fingerprint density at radius 2 is 1.56 bits per heavy atom. The van der Waals surface area contributed by atoms with Crippen LogP contribution in [0.15, 0.2) is 77.7 Å². The molecule has 1 N–H and O–H groups in total. The number of anilines is 1. The standard InChI is InChI=1S/C30H32Cl2FN3O4S/c1-21(30(38)34-26-8-4-2-5-9-26)35(19-22-12-14-25(33)15-13-22)29(37)20-36(27-17-23(31)16-24(32)18-27)41(39,40)28-10-6-3-7-11-28/h3,6-7,10-18,21,26H,2,4-5,8-9,19-20H2,1H3,(H,34,38)/t21-/m1/s1. The summed E-state index contributed by atoms with van der Waals surface area (Å²) in [5, 5.41) is 3.43. The fraction of sp³-hybridized carbons (Fsp3) is 0.333. The first-order valence-electron chi connectivity index (χ1n) is 13.4. The van der Waals surface area contributed by atoms with Gasteiger partial charge in [0, 0.05) is 22.6 Å². The molecule has 0 spiro atoms. The Bertz CT molecular complexity index is 1450. The van der Waals surface area contributed by atoms with Crippen LogP contribution in [0.2, 0.25) is 10.0 Å². The lowest BCUT2D eigenvalue weighted by atomic mass is 9.95. The minimum Gasteiger partial charge on any atom is -0.352 e. The molecule has 0 unspecified atom stereocenters. The van der Waals surface area contributed by atoms with Crippen LogP contribution in [-0.4, -0.2) is 43.8 Å². The van der Waals surface area contributed by atoms with Gasteiger partial charge in [0.2, 0.25) is 11.8 Å². The minimum absolute atomic E-state index is 0.0185. The number of carbonyl (C=O) groups is 2. The summed E-state index contributed by atoms with van der Waals surface area (Å²) < 4.78 is 42.2. The fourth-order valence-corrected chi connectivity index (χ4v) is 6.80. The Morgan fingerprint density at radius 3 is 2.17 bits per heavy atom. The van der Waals surface area contributed by atoms with Crippen LogP contribution in [-0.2, 0) is 26.2 Å². The van der Waals surface area contributed by atoms with E-state index < -0.39 is 34.3 Å². The molecule has 11 heteroatoms. The second-order valence-corrected chi connectivity index (χ2v) is 12.9. The number of sulfonamides is 1. The first-order chi connectivity index (χ1) is 19.5. The Labute approximate surface area is 250 Å².